The third-order valence-corrected chi connectivity index (χ3v) is 2.33. The molecule has 0 amide bonds. The Bertz CT molecular complexity index is 424. The van der Waals surface area contributed by atoms with Gasteiger partial charge in [-0.05, 0) is 12.3 Å². The fourth-order valence-corrected chi connectivity index (χ4v) is 1.61. The molecule has 20 heavy (non-hydrogen) atoms. The molecule has 8 heteroatoms. The zero-order valence-electron chi connectivity index (χ0n) is 11.5. The highest BCUT2D eigenvalue weighted by Gasteiger charge is 2.27. The van der Waals surface area contributed by atoms with E-state index in [1.807, 2.05) is 13.8 Å². The average Bonchev–Trinajstić information content (AvgIpc) is 2.32. The van der Waals surface area contributed by atoms with Crippen molar-refractivity contribution in [2.45, 2.75) is 32.9 Å². The van der Waals surface area contributed by atoms with Crippen LogP contribution in [-0.2, 0) is 17.6 Å². The van der Waals surface area contributed by atoms with Gasteiger partial charge in [0.2, 0.25) is 0 Å². The highest BCUT2D eigenvalue weighted by atomic mass is 19.4. The number of anilines is 1. The fourth-order valence-electron chi connectivity index (χ4n) is 1.61. The van der Waals surface area contributed by atoms with E-state index in [4.69, 9.17) is 5.84 Å². The molecular formula is C12H19F3N4O. The quantitative estimate of drug-likeness (QED) is 0.457. The summed E-state index contributed by atoms with van der Waals surface area (Å²) >= 11 is 0. The molecule has 114 valence electrons. The number of alkyl halides is 3. The van der Waals surface area contributed by atoms with Gasteiger partial charge in [-0.25, -0.2) is 15.8 Å². The number of nitrogen functional groups attached to an aromatic ring is 1. The van der Waals surface area contributed by atoms with Crippen molar-refractivity contribution in [1.82, 2.24) is 9.97 Å². The van der Waals surface area contributed by atoms with Crippen molar-refractivity contribution in [3.8, 4) is 0 Å². The van der Waals surface area contributed by atoms with E-state index < -0.39 is 12.8 Å². The second kappa shape index (κ2) is 7.39. The van der Waals surface area contributed by atoms with E-state index in [2.05, 4.69) is 20.1 Å². The molecule has 5 nitrogen and oxygen atoms in total. The highest BCUT2D eigenvalue weighted by Crippen LogP contribution is 2.15. The minimum atomic E-state index is -4.32. The van der Waals surface area contributed by atoms with E-state index in [0.717, 1.165) is 12.1 Å². The number of nitrogens with two attached hydrogens (primary N) is 1. The van der Waals surface area contributed by atoms with Gasteiger partial charge in [0.1, 0.15) is 18.2 Å². The Morgan fingerprint density at radius 3 is 2.60 bits per heavy atom. The summed E-state index contributed by atoms with van der Waals surface area (Å²) in [5, 5.41) is 0. The summed E-state index contributed by atoms with van der Waals surface area (Å²) in [6.45, 7) is 2.74. The zero-order chi connectivity index (χ0) is 15.2. The molecule has 0 spiro atoms. The van der Waals surface area contributed by atoms with Crippen LogP contribution >= 0.6 is 0 Å². The summed E-state index contributed by atoms with van der Waals surface area (Å²) in [6.07, 6.45) is -3.37. The molecule has 1 aromatic heterocycles. The molecule has 0 saturated carbocycles. The van der Waals surface area contributed by atoms with Crippen molar-refractivity contribution in [2.24, 2.45) is 11.8 Å². The molecule has 0 unspecified atom stereocenters. The summed E-state index contributed by atoms with van der Waals surface area (Å²) in [5.74, 6) is 6.58. The summed E-state index contributed by atoms with van der Waals surface area (Å²) in [5.41, 5.74) is 3.22. The van der Waals surface area contributed by atoms with Gasteiger partial charge in [-0.15, -0.1) is 0 Å². The smallest absolute Gasteiger partial charge is 0.372 e. The topological polar surface area (TPSA) is 73.1 Å². The predicted octanol–water partition coefficient (Wildman–Crippen LogP) is 2.08. The highest BCUT2D eigenvalue weighted by molar-refractivity contribution is 5.34. The SMILES string of the molecule is CC(C)Cc1cc(NN)nc(CCOCC(F)(F)F)n1. The maximum absolute atomic E-state index is 11.9. The van der Waals surface area contributed by atoms with Gasteiger partial charge in [-0.1, -0.05) is 13.8 Å². The number of nitrogens with one attached hydrogen (secondary N) is 1. The van der Waals surface area contributed by atoms with Crippen LogP contribution in [-0.4, -0.2) is 29.4 Å². The minimum absolute atomic E-state index is 0.0886. The number of rotatable bonds is 7. The number of halogens is 3. The molecule has 1 aromatic rings. The Balaban J connectivity index is 2.60. The lowest BCUT2D eigenvalue weighted by Crippen LogP contribution is -2.19. The molecule has 0 bridgehead atoms. The molecule has 0 aromatic carbocycles. The van der Waals surface area contributed by atoms with Crippen molar-refractivity contribution in [3.63, 3.8) is 0 Å². The molecule has 0 fully saturated rings. The Kier molecular flexibility index (Phi) is 6.15. The second-order valence-corrected chi connectivity index (χ2v) is 4.82. The van der Waals surface area contributed by atoms with Gasteiger partial charge in [0.15, 0.2) is 0 Å². The second-order valence-electron chi connectivity index (χ2n) is 4.82. The Hall–Kier alpha value is -1.41. The van der Waals surface area contributed by atoms with Crippen LogP contribution in [0.5, 0.6) is 0 Å². The number of nitrogens with zero attached hydrogens (tertiary/aromatic N) is 2. The summed E-state index contributed by atoms with van der Waals surface area (Å²) < 4.78 is 40.3. The van der Waals surface area contributed by atoms with Gasteiger partial charge in [-0.3, -0.25) is 0 Å². The van der Waals surface area contributed by atoms with Crippen LogP contribution in [0.25, 0.3) is 0 Å². The van der Waals surface area contributed by atoms with E-state index in [-0.39, 0.29) is 13.0 Å². The number of hydrazine groups is 1. The molecule has 0 aliphatic carbocycles. The third-order valence-electron chi connectivity index (χ3n) is 2.33. The van der Waals surface area contributed by atoms with E-state index >= 15 is 0 Å². The first-order valence-electron chi connectivity index (χ1n) is 6.28. The third kappa shape index (κ3) is 6.67. The first-order chi connectivity index (χ1) is 9.30. The van der Waals surface area contributed by atoms with Gasteiger partial charge in [0, 0.05) is 18.2 Å². The zero-order valence-corrected chi connectivity index (χ0v) is 11.5. The Labute approximate surface area is 115 Å². The molecule has 0 aliphatic heterocycles. The lowest BCUT2D eigenvalue weighted by atomic mass is 10.1. The van der Waals surface area contributed by atoms with Crippen LogP contribution in [0.15, 0.2) is 6.07 Å². The number of aromatic nitrogens is 2. The summed E-state index contributed by atoms with van der Waals surface area (Å²) in [7, 11) is 0. The largest absolute Gasteiger partial charge is 0.411 e. The van der Waals surface area contributed by atoms with Crippen LogP contribution < -0.4 is 11.3 Å². The van der Waals surface area contributed by atoms with Crippen molar-refractivity contribution in [2.75, 3.05) is 18.6 Å². The lowest BCUT2D eigenvalue weighted by Gasteiger charge is -2.10. The standard InChI is InChI=1S/C12H19F3N4O/c1-8(2)5-9-6-11(19-16)18-10(17-9)3-4-20-7-12(13,14)15/h6,8H,3-5,7,16H2,1-2H3,(H,17,18,19). The van der Waals surface area contributed by atoms with Crippen molar-refractivity contribution < 1.29 is 17.9 Å². The number of hydrogen-bond acceptors (Lipinski definition) is 5. The number of ether oxygens (including phenoxy) is 1. The van der Waals surface area contributed by atoms with E-state index in [1.165, 1.54) is 0 Å². The molecule has 0 atom stereocenters. The van der Waals surface area contributed by atoms with Crippen LogP contribution in [0, 0.1) is 5.92 Å². The van der Waals surface area contributed by atoms with Crippen molar-refractivity contribution >= 4 is 5.82 Å². The minimum Gasteiger partial charge on any atom is -0.372 e. The van der Waals surface area contributed by atoms with Crippen molar-refractivity contribution in [1.29, 1.82) is 0 Å². The van der Waals surface area contributed by atoms with E-state index in [9.17, 15) is 13.2 Å². The monoisotopic (exact) mass is 292 g/mol. The molecule has 1 heterocycles. The molecule has 0 aliphatic rings. The Morgan fingerprint density at radius 2 is 2.05 bits per heavy atom. The van der Waals surface area contributed by atoms with Crippen LogP contribution in [0.2, 0.25) is 0 Å². The first-order valence-corrected chi connectivity index (χ1v) is 6.28. The van der Waals surface area contributed by atoms with E-state index in [1.54, 1.807) is 6.07 Å². The molecule has 0 saturated heterocycles. The first kappa shape index (κ1) is 16.6. The fraction of sp³-hybridized carbons (Fsp3) is 0.667. The Morgan fingerprint density at radius 1 is 1.35 bits per heavy atom. The van der Waals surface area contributed by atoms with Gasteiger partial charge in [-0.2, -0.15) is 13.2 Å². The van der Waals surface area contributed by atoms with Crippen LogP contribution in [0.4, 0.5) is 19.0 Å². The molecule has 0 radical (unpaired) electrons. The van der Waals surface area contributed by atoms with Crippen LogP contribution in [0.1, 0.15) is 25.4 Å². The predicted molar refractivity (Wildman–Crippen MR) is 69.0 cm³/mol. The van der Waals surface area contributed by atoms with Crippen LogP contribution in [0.3, 0.4) is 0 Å². The molecule has 3 N–H and O–H groups in total. The summed E-state index contributed by atoms with van der Waals surface area (Å²) in [6, 6.07) is 1.72. The van der Waals surface area contributed by atoms with Gasteiger partial charge < -0.3 is 10.2 Å². The summed E-state index contributed by atoms with van der Waals surface area (Å²) in [4.78, 5) is 8.37. The lowest BCUT2D eigenvalue weighted by molar-refractivity contribution is -0.173. The van der Waals surface area contributed by atoms with Crippen molar-refractivity contribution in [3.05, 3.63) is 17.6 Å². The molecular weight excluding hydrogens is 273 g/mol. The maximum Gasteiger partial charge on any atom is 0.411 e. The molecule has 1 rings (SSSR count). The number of hydrogen-bond donors (Lipinski definition) is 2. The van der Waals surface area contributed by atoms with Gasteiger partial charge in [0.05, 0.1) is 6.61 Å². The normalized spacial score (nSPS) is 11.9. The van der Waals surface area contributed by atoms with Gasteiger partial charge >= 0.3 is 6.18 Å². The average molecular weight is 292 g/mol. The maximum atomic E-state index is 11.9. The van der Waals surface area contributed by atoms with Gasteiger partial charge in [0.25, 0.3) is 0 Å². The van der Waals surface area contributed by atoms with E-state index in [0.29, 0.717) is 17.6 Å².